The molecule has 24 heavy (non-hydrogen) atoms. The van der Waals surface area contributed by atoms with Crippen LogP contribution in [0.25, 0.3) is 5.65 Å². The molecule has 2 aromatic heterocycles. The minimum Gasteiger partial charge on any atom is -0.357 e. The number of rotatable bonds is 5. The summed E-state index contributed by atoms with van der Waals surface area (Å²) in [6.07, 6.45) is 4.02. The van der Waals surface area contributed by atoms with E-state index in [2.05, 4.69) is 55.6 Å². The van der Waals surface area contributed by atoms with Gasteiger partial charge in [0.1, 0.15) is 5.65 Å². The van der Waals surface area contributed by atoms with Crippen molar-refractivity contribution in [1.82, 2.24) is 20.0 Å². The average molecular weight is 386 g/mol. The SMILES string of the molecule is CCNC(=NCc1ccccc1)NCc1cn2cc(Br)ccc2n1. The zero-order valence-corrected chi connectivity index (χ0v) is 15.1. The summed E-state index contributed by atoms with van der Waals surface area (Å²) in [5.74, 6) is 0.791. The Morgan fingerprint density at radius 1 is 1.12 bits per heavy atom. The third-order valence-corrected chi connectivity index (χ3v) is 3.98. The number of benzene rings is 1. The summed E-state index contributed by atoms with van der Waals surface area (Å²) in [7, 11) is 0. The van der Waals surface area contributed by atoms with E-state index in [9.17, 15) is 0 Å². The quantitative estimate of drug-likeness (QED) is 0.522. The van der Waals surface area contributed by atoms with Crippen molar-refractivity contribution >= 4 is 27.5 Å². The number of hydrogen-bond acceptors (Lipinski definition) is 2. The second-order valence-corrected chi connectivity index (χ2v) is 6.30. The van der Waals surface area contributed by atoms with E-state index in [-0.39, 0.29) is 0 Å². The van der Waals surface area contributed by atoms with Crippen LogP contribution in [0.2, 0.25) is 0 Å². The Morgan fingerprint density at radius 2 is 1.96 bits per heavy atom. The van der Waals surface area contributed by atoms with Gasteiger partial charge in [-0.3, -0.25) is 0 Å². The maximum Gasteiger partial charge on any atom is 0.191 e. The van der Waals surface area contributed by atoms with Crippen molar-refractivity contribution in [3.63, 3.8) is 0 Å². The molecule has 0 unspecified atom stereocenters. The number of aromatic nitrogens is 2. The Balaban J connectivity index is 1.66. The smallest absolute Gasteiger partial charge is 0.191 e. The molecular formula is C18H20BrN5. The fourth-order valence-corrected chi connectivity index (χ4v) is 2.72. The number of nitrogens with one attached hydrogen (secondary N) is 2. The van der Waals surface area contributed by atoms with Gasteiger partial charge in [-0.15, -0.1) is 0 Å². The van der Waals surface area contributed by atoms with E-state index in [1.807, 2.05) is 47.1 Å². The maximum absolute atomic E-state index is 4.62. The first-order valence-electron chi connectivity index (χ1n) is 7.94. The van der Waals surface area contributed by atoms with Crippen molar-refractivity contribution in [2.45, 2.75) is 20.0 Å². The third-order valence-electron chi connectivity index (χ3n) is 3.51. The number of nitrogens with zero attached hydrogens (tertiary/aromatic N) is 3. The van der Waals surface area contributed by atoms with Crippen molar-refractivity contribution in [2.24, 2.45) is 4.99 Å². The van der Waals surface area contributed by atoms with Crippen molar-refractivity contribution in [3.05, 3.63) is 70.6 Å². The highest BCUT2D eigenvalue weighted by Gasteiger charge is 2.03. The highest BCUT2D eigenvalue weighted by Crippen LogP contribution is 2.12. The maximum atomic E-state index is 4.62. The summed E-state index contributed by atoms with van der Waals surface area (Å²) >= 11 is 3.47. The molecule has 0 saturated heterocycles. The van der Waals surface area contributed by atoms with Gasteiger partial charge in [0.15, 0.2) is 5.96 Å². The molecule has 6 heteroatoms. The number of guanidine groups is 1. The molecule has 0 fully saturated rings. The molecule has 0 spiro atoms. The zero-order chi connectivity index (χ0) is 16.8. The first kappa shape index (κ1) is 16.5. The molecule has 0 saturated carbocycles. The van der Waals surface area contributed by atoms with Gasteiger partial charge in [0.05, 0.1) is 18.8 Å². The summed E-state index contributed by atoms with van der Waals surface area (Å²) in [6.45, 7) is 4.15. The first-order valence-corrected chi connectivity index (χ1v) is 8.73. The largest absolute Gasteiger partial charge is 0.357 e. The molecule has 0 radical (unpaired) electrons. The molecule has 0 amide bonds. The van der Waals surface area contributed by atoms with E-state index < -0.39 is 0 Å². The van der Waals surface area contributed by atoms with Crippen LogP contribution in [0.1, 0.15) is 18.2 Å². The Hall–Kier alpha value is -2.34. The van der Waals surface area contributed by atoms with Crippen LogP contribution in [0.4, 0.5) is 0 Å². The van der Waals surface area contributed by atoms with Gasteiger partial charge in [0, 0.05) is 23.4 Å². The molecular weight excluding hydrogens is 366 g/mol. The van der Waals surface area contributed by atoms with Crippen molar-refractivity contribution < 1.29 is 0 Å². The molecule has 2 N–H and O–H groups in total. The summed E-state index contributed by atoms with van der Waals surface area (Å²) < 4.78 is 3.04. The van der Waals surface area contributed by atoms with Crippen molar-refractivity contribution in [3.8, 4) is 0 Å². The fourth-order valence-electron chi connectivity index (χ4n) is 2.37. The normalized spacial score (nSPS) is 11.7. The van der Waals surface area contributed by atoms with E-state index in [4.69, 9.17) is 0 Å². The lowest BCUT2D eigenvalue weighted by Crippen LogP contribution is -2.36. The summed E-state index contributed by atoms with van der Waals surface area (Å²) in [5.41, 5.74) is 3.09. The van der Waals surface area contributed by atoms with Crippen LogP contribution in [0.5, 0.6) is 0 Å². The number of hydrogen-bond donors (Lipinski definition) is 2. The van der Waals surface area contributed by atoms with Gasteiger partial charge in [-0.1, -0.05) is 30.3 Å². The molecule has 0 aliphatic rings. The molecule has 1 aromatic carbocycles. The number of fused-ring (bicyclic) bond motifs is 1. The third kappa shape index (κ3) is 4.35. The van der Waals surface area contributed by atoms with Gasteiger partial charge in [-0.25, -0.2) is 9.98 Å². The predicted molar refractivity (Wildman–Crippen MR) is 101 cm³/mol. The van der Waals surface area contributed by atoms with Crippen LogP contribution in [0.15, 0.2) is 64.3 Å². The number of imidazole rings is 1. The van der Waals surface area contributed by atoms with E-state index in [0.717, 1.165) is 28.3 Å². The lowest BCUT2D eigenvalue weighted by atomic mass is 10.2. The van der Waals surface area contributed by atoms with Gasteiger partial charge < -0.3 is 15.0 Å². The molecule has 3 rings (SSSR count). The minimum atomic E-state index is 0.625. The molecule has 0 aliphatic carbocycles. The Kier molecular flexibility index (Phi) is 5.48. The predicted octanol–water partition coefficient (Wildman–Crippen LogP) is 3.35. The molecule has 0 bridgehead atoms. The lowest BCUT2D eigenvalue weighted by Gasteiger charge is -2.10. The Bertz CT molecular complexity index is 826. The van der Waals surface area contributed by atoms with Gasteiger partial charge in [0.2, 0.25) is 0 Å². The standard InChI is InChI=1S/C18H20BrN5/c1-2-20-18(21-10-14-6-4-3-5-7-14)22-11-16-13-24-12-15(19)8-9-17(24)23-16/h3-9,12-13H,2,10-11H2,1H3,(H2,20,21,22). The zero-order valence-electron chi connectivity index (χ0n) is 13.5. The molecule has 0 aliphatic heterocycles. The van der Waals surface area contributed by atoms with Gasteiger partial charge in [-0.2, -0.15) is 0 Å². The first-order chi connectivity index (χ1) is 11.7. The molecule has 2 heterocycles. The topological polar surface area (TPSA) is 53.7 Å². The second-order valence-electron chi connectivity index (χ2n) is 5.38. The van der Waals surface area contributed by atoms with Crippen LogP contribution in [0.3, 0.4) is 0 Å². The molecule has 124 valence electrons. The number of halogens is 1. The van der Waals surface area contributed by atoms with Crippen molar-refractivity contribution in [1.29, 1.82) is 0 Å². The Morgan fingerprint density at radius 3 is 2.75 bits per heavy atom. The minimum absolute atomic E-state index is 0.625. The van der Waals surface area contributed by atoms with Crippen LogP contribution >= 0.6 is 15.9 Å². The van der Waals surface area contributed by atoms with Crippen LogP contribution in [0, 0.1) is 0 Å². The van der Waals surface area contributed by atoms with Crippen LogP contribution < -0.4 is 10.6 Å². The van der Waals surface area contributed by atoms with Crippen molar-refractivity contribution in [2.75, 3.05) is 6.54 Å². The average Bonchev–Trinajstić information content (AvgIpc) is 3.00. The van der Waals surface area contributed by atoms with Gasteiger partial charge >= 0.3 is 0 Å². The highest BCUT2D eigenvalue weighted by atomic mass is 79.9. The summed E-state index contributed by atoms with van der Waals surface area (Å²) in [5, 5.41) is 6.60. The van der Waals surface area contributed by atoms with Gasteiger partial charge in [0.25, 0.3) is 0 Å². The van der Waals surface area contributed by atoms with Crippen LogP contribution in [-0.2, 0) is 13.1 Å². The van der Waals surface area contributed by atoms with E-state index in [0.29, 0.717) is 13.1 Å². The molecule has 3 aromatic rings. The van der Waals surface area contributed by atoms with E-state index in [1.165, 1.54) is 5.56 Å². The Labute approximate surface area is 150 Å². The lowest BCUT2D eigenvalue weighted by molar-refractivity contribution is 0.804. The number of pyridine rings is 1. The summed E-state index contributed by atoms with van der Waals surface area (Å²) in [4.78, 5) is 9.22. The molecule has 0 atom stereocenters. The second kappa shape index (κ2) is 7.97. The van der Waals surface area contributed by atoms with E-state index >= 15 is 0 Å². The number of aliphatic imine (C=N–C) groups is 1. The fraction of sp³-hybridized carbons (Fsp3) is 0.222. The molecule has 5 nitrogen and oxygen atoms in total. The van der Waals surface area contributed by atoms with Crippen LogP contribution in [-0.4, -0.2) is 21.9 Å². The van der Waals surface area contributed by atoms with Gasteiger partial charge in [-0.05, 0) is 40.5 Å². The highest BCUT2D eigenvalue weighted by molar-refractivity contribution is 9.10. The summed E-state index contributed by atoms with van der Waals surface area (Å²) in [6, 6.07) is 14.2. The monoisotopic (exact) mass is 385 g/mol. The van der Waals surface area contributed by atoms with E-state index in [1.54, 1.807) is 0 Å².